The van der Waals surface area contributed by atoms with E-state index in [1.165, 1.54) is 23.1 Å². The highest BCUT2D eigenvalue weighted by Crippen LogP contribution is 2.28. The van der Waals surface area contributed by atoms with Gasteiger partial charge in [0.25, 0.3) is 0 Å². The zero-order valence-electron chi connectivity index (χ0n) is 13.2. The molecule has 0 aliphatic carbocycles. The van der Waals surface area contributed by atoms with Crippen molar-refractivity contribution in [1.82, 2.24) is 9.78 Å². The van der Waals surface area contributed by atoms with Crippen molar-refractivity contribution in [2.45, 2.75) is 16.5 Å². The lowest BCUT2D eigenvalue weighted by Crippen LogP contribution is -2.22. The molecule has 1 N–H and O–H groups in total. The molecule has 0 saturated heterocycles. The first kappa shape index (κ1) is 18.1. The highest BCUT2D eigenvalue weighted by molar-refractivity contribution is 8.02. The number of para-hydroxylation sites is 1. The summed E-state index contributed by atoms with van der Waals surface area (Å²) in [6.45, 7) is 1.84. The van der Waals surface area contributed by atoms with Crippen LogP contribution in [0.15, 0.2) is 58.9 Å². The van der Waals surface area contributed by atoms with Gasteiger partial charge >= 0.3 is 0 Å². The molecule has 1 atom stereocenters. The summed E-state index contributed by atoms with van der Waals surface area (Å²) in [6.07, 6.45) is 0. The zero-order chi connectivity index (χ0) is 17.8. The normalized spacial score (nSPS) is 11.9. The molecule has 3 aromatic rings. The summed E-state index contributed by atoms with van der Waals surface area (Å²) in [7, 11) is 0. The third-order valence-electron chi connectivity index (χ3n) is 3.27. The Hall–Kier alpha value is -1.67. The molecule has 0 fully saturated rings. The molecular formula is C17H14ClN3OS3. The summed E-state index contributed by atoms with van der Waals surface area (Å²) in [5.74, 6) is -0.111. The summed E-state index contributed by atoms with van der Waals surface area (Å²) in [4.78, 5) is 12.4. The molecule has 3 rings (SSSR count). The van der Waals surface area contributed by atoms with E-state index < -0.39 is 0 Å². The van der Waals surface area contributed by atoms with Crippen molar-refractivity contribution < 1.29 is 4.79 Å². The van der Waals surface area contributed by atoms with Gasteiger partial charge in [0.1, 0.15) is 0 Å². The van der Waals surface area contributed by atoms with Crippen LogP contribution in [0.5, 0.6) is 0 Å². The lowest BCUT2D eigenvalue weighted by molar-refractivity contribution is -0.115. The Morgan fingerprint density at radius 1 is 1.28 bits per heavy atom. The van der Waals surface area contributed by atoms with Crippen LogP contribution >= 0.6 is 46.9 Å². The number of carbonyl (C=O) groups excluding carboxylic acids is 1. The quantitative estimate of drug-likeness (QED) is 0.452. The van der Waals surface area contributed by atoms with E-state index in [9.17, 15) is 4.79 Å². The molecule has 1 unspecified atom stereocenters. The number of amides is 1. The molecule has 128 valence electrons. The molecule has 25 heavy (non-hydrogen) atoms. The number of nitrogens with zero attached hydrogens (tertiary/aromatic N) is 2. The van der Waals surface area contributed by atoms with Crippen LogP contribution in [0.25, 0.3) is 5.69 Å². The average molecular weight is 408 g/mol. The van der Waals surface area contributed by atoms with Crippen LogP contribution in [-0.4, -0.2) is 20.9 Å². The molecule has 1 heterocycles. The van der Waals surface area contributed by atoms with E-state index in [4.69, 9.17) is 23.8 Å². The number of benzene rings is 2. The van der Waals surface area contributed by atoms with Gasteiger partial charge in [-0.3, -0.25) is 4.79 Å². The third kappa shape index (κ3) is 4.70. The Kier molecular flexibility index (Phi) is 5.90. The van der Waals surface area contributed by atoms with E-state index in [0.717, 1.165) is 10.0 Å². The second-order valence-electron chi connectivity index (χ2n) is 5.14. The topological polar surface area (TPSA) is 46.9 Å². The molecule has 0 aliphatic rings. The second kappa shape index (κ2) is 8.14. The monoisotopic (exact) mass is 407 g/mol. The number of rotatable bonds is 5. The van der Waals surface area contributed by atoms with E-state index in [-0.39, 0.29) is 11.2 Å². The fraction of sp³-hybridized carbons (Fsp3) is 0.118. The Morgan fingerprint density at radius 2 is 2.04 bits per heavy atom. The van der Waals surface area contributed by atoms with Gasteiger partial charge in [0.05, 0.1) is 10.9 Å². The van der Waals surface area contributed by atoms with Gasteiger partial charge in [-0.2, -0.15) is 0 Å². The molecule has 4 nitrogen and oxygen atoms in total. The number of carbonyl (C=O) groups is 1. The van der Waals surface area contributed by atoms with Crippen molar-refractivity contribution in [3.8, 4) is 5.69 Å². The molecule has 8 heteroatoms. The molecule has 1 aromatic heterocycles. The van der Waals surface area contributed by atoms with Crippen molar-refractivity contribution in [2.75, 3.05) is 5.32 Å². The molecular weight excluding hydrogens is 394 g/mol. The average Bonchev–Trinajstić information content (AvgIpc) is 2.96. The van der Waals surface area contributed by atoms with Crippen LogP contribution in [0.2, 0.25) is 5.02 Å². The SMILES string of the molecule is CC(Sc1nn(-c2ccccc2)c(=S)s1)C(=O)Nc1cccc(Cl)c1. The van der Waals surface area contributed by atoms with Crippen molar-refractivity contribution in [2.24, 2.45) is 0 Å². The van der Waals surface area contributed by atoms with Gasteiger partial charge in [-0.25, -0.2) is 4.68 Å². The van der Waals surface area contributed by atoms with E-state index in [1.54, 1.807) is 28.9 Å². The second-order valence-corrected chi connectivity index (χ2v) is 8.79. The highest BCUT2D eigenvalue weighted by Gasteiger charge is 2.17. The lowest BCUT2D eigenvalue weighted by Gasteiger charge is -2.10. The Labute approximate surface area is 163 Å². The van der Waals surface area contributed by atoms with Crippen molar-refractivity contribution in [1.29, 1.82) is 0 Å². The van der Waals surface area contributed by atoms with Gasteiger partial charge in [0.2, 0.25) is 5.91 Å². The summed E-state index contributed by atoms with van der Waals surface area (Å²) >= 11 is 14.1. The number of halogens is 1. The predicted octanol–water partition coefficient (Wildman–Crippen LogP) is 5.44. The first-order valence-corrected chi connectivity index (χ1v) is 9.90. The molecule has 1 amide bonds. The Balaban J connectivity index is 1.70. The molecule has 0 saturated carbocycles. The van der Waals surface area contributed by atoms with Crippen molar-refractivity contribution >= 4 is 58.5 Å². The lowest BCUT2D eigenvalue weighted by atomic mass is 10.3. The molecule has 0 radical (unpaired) electrons. The van der Waals surface area contributed by atoms with E-state index >= 15 is 0 Å². The van der Waals surface area contributed by atoms with Gasteiger partial charge in [-0.15, -0.1) is 5.10 Å². The predicted molar refractivity (Wildman–Crippen MR) is 108 cm³/mol. The van der Waals surface area contributed by atoms with Crippen molar-refractivity contribution in [3.05, 3.63) is 63.6 Å². The first-order chi connectivity index (χ1) is 12.0. The molecule has 0 aliphatic heterocycles. The van der Waals surface area contributed by atoms with Crippen molar-refractivity contribution in [3.63, 3.8) is 0 Å². The maximum absolute atomic E-state index is 12.4. The summed E-state index contributed by atoms with van der Waals surface area (Å²) in [5.41, 5.74) is 1.58. The minimum atomic E-state index is -0.316. The first-order valence-electron chi connectivity index (χ1n) is 7.41. The number of hydrogen-bond donors (Lipinski definition) is 1. The van der Waals surface area contributed by atoms with Crippen LogP contribution in [0.3, 0.4) is 0 Å². The molecule has 0 bridgehead atoms. The largest absolute Gasteiger partial charge is 0.325 e. The molecule has 2 aromatic carbocycles. The van der Waals surface area contributed by atoms with Crippen LogP contribution in [0.1, 0.15) is 6.92 Å². The highest BCUT2D eigenvalue weighted by atomic mass is 35.5. The Bertz CT molecular complexity index is 940. The zero-order valence-corrected chi connectivity index (χ0v) is 16.4. The van der Waals surface area contributed by atoms with Gasteiger partial charge in [0, 0.05) is 10.7 Å². The molecule has 0 spiro atoms. The van der Waals surface area contributed by atoms with Gasteiger partial charge in [-0.05, 0) is 49.5 Å². The number of hydrogen-bond acceptors (Lipinski definition) is 5. The summed E-state index contributed by atoms with van der Waals surface area (Å²) < 4.78 is 3.11. The number of aromatic nitrogens is 2. The van der Waals surface area contributed by atoms with Gasteiger partial charge in [-0.1, -0.05) is 59.0 Å². The van der Waals surface area contributed by atoms with E-state index in [0.29, 0.717) is 14.7 Å². The summed E-state index contributed by atoms with van der Waals surface area (Å²) in [6, 6.07) is 16.8. The Morgan fingerprint density at radius 3 is 2.76 bits per heavy atom. The van der Waals surface area contributed by atoms with Gasteiger partial charge in [0.15, 0.2) is 8.29 Å². The maximum atomic E-state index is 12.4. The third-order valence-corrected chi connectivity index (χ3v) is 5.92. The van der Waals surface area contributed by atoms with E-state index in [2.05, 4.69) is 10.4 Å². The minimum Gasteiger partial charge on any atom is -0.325 e. The van der Waals surface area contributed by atoms with Crippen LogP contribution in [0.4, 0.5) is 5.69 Å². The van der Waals surface area contributed by atoms with Crippen LogP contribution in [0, 0.1) is 3.95 Å². The number of thioether (sulfide) groups is 1. The maximum Gasteiger partial charge on any atom is 0.237 e. The van der Waals surface area contributed by atoms with Gasteiger partial charge < -0.3 is 5.32 Å². The smallest absolute Gasteiger partial charge is 0.237 e. The van der Waals surface area contributed by atoms with Crippen LogP contribution in [-0.2, 0) is 4.79 Å². The minimum absolute atomic E-state index is 0.111. The van der Waals surface area contributed by atoms with Crippen LogP contribution < -0.4 is 5.32 Å². The fourth-order valence-electron chi connectivity index (χ4n) is 2.06. The fourth-order valence-corrected chi connectivity index (χ4v) is 4.75. The number of anilines is 1. The summed E-state index contributed by atoms with van der Waals surface area (Å²) in [5, 5.41) is 7.64. The van der Waals surface area contributed by atoms with E-state index in [1.807, 2.05) is 37.3 Å². The standard InChI is InChI=1S/C17H14ClN3OS3/c1-11(15(22)19-13-7-5-6-12(18)10-13)24-16-20-21(17(23)25-16)14-8-3-2-4-9-14/h2-11H,1H3,(H,19,22). The number of nitrogens with one attached hydrogen (secondary N) is 1.